The molecule has 1 N–H and O–H groups in total. The highest BCUT2D eigenvalue weighted by Crippen LogP contribution is 2.15. The van der Waals surface area contributed by atoms with Gasteiger partial charge < -0.3 is 5.32 Å². The van der Waals surface area contributed by atoms with Crippen LogP contribution in [-0.4, -0.2) is 16.4 Å². The predicted octanol–water partition coefficient (Wildman–Crippen LogP) is 3.93. The Hall–Kier alpha value is -1.94. The maximum absolute atomic E-state index is 12.1. The monoisotopic (exact) mass is 343 g/mol. The molecule has 0 fully saturated rings. The van der Waals surface area contributed by atoms with Crippen LogP contribution >= 0.6 is 0 Å². The summed E-state index contributed by atoms with van der Waals surface area (Å²) in [5, 5.41) is 3.03. The van der Waals surface area contributed by atoms with Crippen molar-refractivity contribution in [3.8, 4) is 0 Å². The fourth-order valence-electron chi connectivity index (χ4n) is 2.55. The lowest BCUT2D eigenvalue weighted by Crippen LogP contribution is -2.26. The van der Waals surface area contributed by atoms with Crippen molar-refractivity contribution in [2.45, 2.75) is 44.0 Å². The van der Waals surface area contributed by atoms with Crippen LogP contribution < -0.4 is 5.32 Å². The average Bonchev–Trinajstić information content (AvgIpc) is 2.56. The molecule has 2 aromatic carbocycles. The molecule has 0 spiro atoms. The van der Waals surface area contributed by atoms with E-state index < -0.39 is 10.8 Å². The zero-order valence-corrected chi connectivity index (χ0v) is 15.4. The Kier molecular flexibility index (Phi) is 6.73. The van der Waals surface area contributed by atoms with Gasteiger partial charge in [0.05, 0.1) is 6.04 Å². The highest BCUT2D eigenvalue weighted by atomic mass is 32.2. The summed E-state index contributed by atoms with van der Waals surface area (Å²) in [4.78, 5) is 12.9. The number of amides is 1. The van der Waals surface area contributed by atoms with Crippen LogP contribution in [0.2, 0.25) is 0 Å². The topological polar surface area (TPSA) is 46.2 Å². The fraction of sp³-hybridized carbons (Fsp3) is 0.350. The SMILES string of the molecule is Cc1ccc(CCCC(=O)NC(C)c2ccc(S(C)=O)cc2)cc1. The molecule has 2 rings (SSSR count). The third-order valence-electron chi connectivity index (χ3n) is 4.08. The molecule has 3 nitrogen and oxygen atoms in total. The first-order valence-electron chi connectivity index (χ1n) is 8.24. The van der Waals surface area contributed by atoms with Gasteiger partial charge >= 0.3 is 0 Å². The standard InChI is InChI=1S/C20H25NO2S/c1-15-7-9-17(10-8-15)5-4-6-20(22)21-16(2)18-11-13-19(14-12-18)24(3)23/h7-14,16H,4-6H2,1-3H3,(H,21,22). The zero-order valence-electron chi connectivity index (χ0n) is 14.5. The third kappa shape index (κ3) is 5.60. The van der Waals surface area contributed by atoms with Crippen LogP contribution in [0, 0.1) is 6.92 Å². The van der Waals surface area contributed by atoms with E-state index in [9.17, 15) is 9.00 Å². The van der Waals surface area contributed by atoms with Gasteiger partial charge in [-0.05, 0) is 49.9 Å². The van der Waals surface area contributed by atoms with Crippen molar-refractivity contribution in [1.82, 2.24) is 5.32 Å². The van der Waals surface area contributed by atoms with Gasteiger partial charge in [0, 0.05) is 28.4 Å². The van der Waals surface area contributed by atoms with E-state index in [1.165, 1.54) is 11.1 Å². The van der Waals surface area contributed by atoms with E-state index in [4.69, 9.17) is 0 Å². The Bertz CT molecular complexity index is 693. The Morgan fingerprint density at radius 1 is 1.08 bits per heavy atom. The smallest absolute Gasteiger partial charge is 0.220 e. The molecular weight excluding hydrogens is 318 g/mol. The fourth-order valence-corrected chi connectivity index (χ4v) is 3.07. The molecule has 2 atom stereocenters. The average molecular weight is 343 g/mol. The number of rotatable bonds is 7. The van der Waals surface area contributed by atoms with Crippen LogP contribution in [0.4, 0.5) is 0 Å². The molecule has 128 valence electrons. The molecule has 0 aliphatic rings. The van der Waals surface area contributed by atoms with Gasteiger partial charge in [0.1, 0.15) is 0 Å². The van der Waals surface area contributed by atoms with Crippen molar-refractivity contribution in [3.63, 3.8) is 0 Å². The number of aryl methyl sites for hydroxylation is 2. The second kappa shape index (κ2) is 8.78. The van der Waals surface area contributed by atoms with E-state index in [0.29, 0.717) is 6.42 Å². The van der Waals surface area contributed by atoms with E-state index in [-0.39, 0.29) is 11.9 Å². The van der Waals surface area contributed by atoms with E-state index >= 15 is 0 Å². The molecule has 0 saturated carbocycles. The van der Waals surface area contributed by atoms with Crippen LogP contribution in [-0.2, 0) is 22.0 Å². The van der Waals surface area contributed by atoms with Crippen molar-refractivity contribution in [1.29, 1.82) is 0 Å². The first kappa shape index (κ1) is 18.4. The number of hydrogen-bond acceptors (Lipinski definition) is 2. The summed E-state index contributed by atoms with van der Waals surface area (Å²) in [5.74, 6) is 0.0674. The second-order valence-corrected chi connectivity index (χ2v) is 7.53. The van der Waals surface area contributed by atoms with Gasteiger partial charge in [0.15, 0.2) is 0 Å². The molecule has 1 amide bonds. The van der Waals surface area contributed by atoms with Gasteiger partial charge in [-0.15, -0.1) is 0 Å². The molecule has 2 aromatic rings. The molecule has 24 heavy (non-hydrogen) atoms. The quantitative estimate of drug-likeness (QED) is 0.828. The second-order valence-electron chi connectivity index (χ2n) is 6.15. The Balaban J connectivity index is 1.78. The Morgan fingerprint density at radius 2 is 1.71 bits per heavy atom. The van der Waals surface area contributed by atoms with Gasteiger partial charge in [0.25, 0.3) is 0 Å². The molecule has 2 unspecified atom stereocenters. The normalized spacial score (nSPS) is 13.3. The first-order chi connectivity index (χ1) is 11.5. The van der Waals surface area contributed by atoms with Gasteiger partial charge in [-0.2, -0.15) is 0 Å². The van der Waals surface area contributed by atoms with Crippen molar-refractivity contribution in [3.05, 3.63) is 65.2 Å². The molecule has 4 heteroatoms. The van der Waals surface area contributed by atoms with Gasteiger partial charge in [-0.25, -0.2) is 0 Å². The number of hydrogen-bond donors (Lipinski definition) is 1. The molecule has 0 saturated heterocycles. The van der Waals surface area contributed by atoms with E-state index in [1.54, 1.807) is 6.26 Å². The van der Waals surface area contributed by atoms with Crippen LogP contribution in [0.1, 0.15) is 42.5 Å². The van der Waals surface area contributed by atoms with Crippen molar-refractivity contribution in [2.24, 2.45) is 0 Å². The van der Waals surface area contributed by atoms with Crippen molar-refractivity contribution < 1.29 is 9.00 Å². The van der Waals surface area contributed by atoms with Crippen LogP contribution in [0.3, 0.4) is 0 Å². The highest BCUT2D eigenvalue weighted by molar-refractivity contribution is 7.84. The highest BCUT2D eigenvalue weighted by Gasteiger charge is 2.10. The molecular formula is C20H25NO2S. The van der Waals surface area contributed by atoms with Crippen molar-refractivity contribution >= 4 is 16.7 Å². The van der Waals surface area contributed by atoms with Crippen LogP contribution in [0.25, 0.3) is 0 Å². The van der Waals surface area contributed by atoms with Gasteiger partial charge in [-0.3, -0.25) is 9.00 Å². The number of benzene rings is 2. The van der Waals surface area contributed by atoms with Gasteiger partial charge in [0.2, 0.25) is 5.91 Å². The summed E-state index contributed by atoms with van der Waals surface area (Å²) in [6.45, 7) is 4.04. The summed E-state index contributed by atoms with van der Waals surface area (Å²) in [6.07, 6.45) is 3.94. The maximum atomic E-state index is 12.1. The zero-order chi connectivity index (χ0) is 17.5. The third-order valence-corrected chi connectivity index (χ3v) is 5.02. The number of nitrogens with one attached hydrogen (secondary N) is 1. The molecule has 0 heterocycles. The largest absolute Gasteiger partial charge is 0.350 e. The molecule has 0 bridgehead atoms. The minimum Gasteiger partial charge on any atom is -0.350 e. The minimum atomic E-state index is -0.973. The lowest BCUT2D eigenvalue weighted by molar-refractivity contribution is -0.121. The number of carbonyl (C=O) groups is 1. The lowest BCUT2D eigenvalue weighted by Gasteiger charge is -2.14. The maximum Gasteiger partial charge on any atom is 0.220 e. The summed E-state index contributed by atoms with van der Waals surface area (Å²) in [7, 11) is -0.973. The molecule has 0 radical (unpaired) electrons. The minimum absolute atomic E-state index is 0.0452. The summed E-state index contributed by atoms with van der Waals surface area (Å²) in [6, 6.07) is 16.0. The Morgan fingerprint density at radius 3 is 2.29 bits per heavy atom. The molecule has 0 aliphatic carbocycles. The van der Waals surface area contributed by atoms with Crippen LogP contribution in [0.15, 0.2) is 53.4 Å². The summed E-state index contributed by atoms with van der Waals surface area (Å²) >= 11 is 0. The predicted molar refractivity (Wildman–Crippen MR) is 99.4 cm³/mol. The molecule has 0 aliphatic heterocycles. The first-order valence-corrected chi connectivity index (χ1v) is 9.80. The molecule has 0 aromatic heterocycles. The Labute approximate surface area is 146 Å². The summed E-state index contributed by atoms with van der Waals surface area (Å²) in [5.41, 5.74) is 3.55. The lowest BCUT2D eigenvalue weighted by atomic mass is 10.1. The van der Waals surface area contributed by atoms with Crippen molar-refractivity contribution in [2.75, 3.05) is 6.26 Å². The summed E-state index contributed by atoms with van der Waals surface area (Å²) < 4.78 is 11.4. The van der Waals surface area contributed by atoms with E-state index in [0.717, 1.165) is 23.3 Å². The van der Waals surface area contributed by atoms with Gasteiger partial charge in [-0.1, -0.05) is 42.0 Å². The number of carbonyl (C=O) groups excluding carboxylic acids is 1. The van der Waals surface area contributed by atoms with Crippen LogP contribution in [0.5, 0.6) is 0 Å². The van der Waals surface area contributed by atoms with E-state index in [1.807, 2.05) is 31.2 Å². The van der Waals surface area contributed by atoms with E-state index in [2.05, 4.69) is 36.5 Å².